The van der Waals surface area contributed by atoms with Crippen LogP contribution in [0.2, 0.25) is 20.1 Å². The average molecular weight is 737 g/mol. The zero-order valence-electron chi connectivity index (χ0n) is 26.0. The third kappa shape index (κ3) is 7.50. The van der Waals surface area contributed by atoms with Gasteiger partial charge >= 0.3 is 5.97 Å². The summed E-state index contributed by atoms with van der Waals surface area (Å²) in [6.45, 7) is 7.49. The summed E-state index contributed by atoms with van der Waals surface area (Å²) in [5, 5.41) is 1.53. The summed E-state index contributed by atoms with van der Waals surface area (Å²) in [4.78, 5) is 32.6. The summed E-state index contributed by atoms with van der Waals surface area (Å²) in [6, 6.07) is 12.7. The van der Waals surface area contributed by atoms with Gasteiger partial charge in [0.05, 0.1) is 46.7 Å². The lowest BCUT2D eigenvalue weighted by Crippen LogP contribution is -2.40. The van der Waals surface area contributed by atoms with E-state index in [4.69, 9.17) is 65.4 Å². The second-order valence-corrected chi connectivity index (χ2v) is 13.4. The highest BCUT2D eigenvalue weighted by Crippen LogP contribution is 2.37. The molecule has 47 heavy (non-hydrogen) atoms. The molecule has 0 radical (unpaired) electrons. The molecule has 0 amide bonds. The number of allylic oxidation sites excluding steroid dienone is 1. The van der Waals surface area contributed by atoms with Crippen molar-refractivity contribution in [1.29, 1.82) is 0 Å². The van der Waals surface area contributed by atoms with Crippen LogP contribution in [0.3, 0.4) is 0 Å². The van der Waals surface area contributed by atoms with E-state index in [1.54, 1.807) is 68.5 Å². The van der Waals surface area contributed by atoms with Crippen LogP contribution in [0.1, 0.15) is 50.4 Å². The van der Waals surface area contributed by atoms with Crippen LogP contribution in [0, 0.1) is 0 Å². The fraction of sp³-hybridized carbons (Fsp3) is 0.265. The molecule has 1 aliphatic heterocycles. The van der Waals surface area contributed by atoms with Gasteiger partial charge in [0.15, 0.2) is 16.3 Å². The van der Waals surface area contributed by atoms with Gasteiger partial charge in [-0.2, -0.15) is 0 Å². The fourth-order valence-corrected chi connectivity index (χ4v) is 7.15. The number of carbonyl (C=O) groups excluding carboxylic acids is 1. The quantitative estimate of drug-likeness (QED) is 0.155. The van der Waals surface area contributed by atoms with Gasteiger partial charge in [-0.15, -0.1) is 0 Å². The van der Waals surface area contributed by atoms with E-state index >= 15 is 0 Å². The molecule has 0 aliphatic carbocycles. The van der Waals surface area contributed by atoms with Gasteiger partial charge in [0, 0.05) is 26.2 Å². The Morgan fingerprint density at radius 1 is 1.02 bits per heavy atom. The van der Waals surface area contributed by atoms with Crippen LogP contribution in [-0.4, -0.2) is 30.4 Å². The standard InChI is InChI=1S/C34H30Cl4N2O6S/c1-6-44-33(42)29-18(4)39-34-40(30(29)19-8-10-26(46-17(2)3)27(12-19)43-5)32(41)28(47-34)13-21-11-23(36)15-25(38)31(21)45-16-20-7-9-22(35)14-24(20)37/h7-15,17,30H,6,16H2,1-5H3/b28-13+/t30-/m0/s1. The van der Waals surface area contributed by atoms with Crippen LogP contribution in [-0.2, 0) is 16.1 Å². The maximum atomic E-state index is 14.3. The number of nitrogens with zero attached hydrogens (tertiary/aromatic N) is 2. The largest absolute Gasteiger partial charge is 0.493 e. The lowest BCUT2D eigenvalue weighted by Gasteiger charge is -2.25. The van der Waals surface area contributed by atoms with Gasteiger partial charge < -0.3 is 18.9 Å². The SMILES string of the molecule is CCOC(=O)C1=C(C)N=c2s/c(=C/c3cc(Cl)cc(Cl)c3OCc3ccc(Cl)cc3Cl)c(=O)n2[C@H]1c1ccc(OC(C)C)c(OC)c1. The molecule has 0 N–H and O–H groups in total. The van der Waals surface area contributed by atoms with E-state index in [1.807, 2.05) is 13.8 Å². The first-order chi connectivity index (χ1) is 22.4. The number of ether oxygens (including phenoxy) is 4. The molecule has 4 aromatic rings. The minimum Gasteiger partial charge on any atom is -0.493 e. The van der Waals surface area contributed by atoms with Crippen molar-refractivity contribution in [2.24, 2.45) is 4.99 Å². The first-order valence-electron chi connectivity index (χ1n) is 14.5. The van der Waals surface area contributed by atoms with E-state index < -0.39 is 17.6 Å². The van der Waals surface area contributed by atoms with Gasteiger partial charge in [-0.1, -0.05) is 69.9 Å². The Kier molecular flexibility index (Phi) is 10.9. The van der Waals surface area contributed by atoms with Crippen molar-refractivity contribution < 1.29 is 23.7 Å². The second kappa shape index (κ2) is 14.7. The molecule has 1 aromatic heterocycles. The molecule has 3 aromatic carbocycles. The van der Waals surface area contributed by atoms with Gasteiger partial charge in [0.1, 0.15) is 12.4 Å². The Balaban J connectivity index is 1.66. The Morgan fingerprint density at radius 2 is 1.77 bits per heavy atom. The fourth-order valence-electron chi connectivity index (χ4n) is 5.08. The maximum absolute atomic E-state index is 14.3. The Hall–Kier alpha value is -3.47. The minimum atomic E-state index is -0.861. The molecule has 8 nitrogen and oxygen atoms in total. The Morgan fingerprint density at radius 3 is 2.45 bits per heavy atom. The van der Waals surface area contributed by atoms with Crippen molar-refractivity contribution in [3.63, 3.8) is 0 Å². The molecule has 0 saturated carbocycles. The molecule has 246 valence electrons. The van der Waals surface area contributed by atoms with Crippen molar-refractivity contribution in [3.8, 4) is 17.2 Å². The number of carbonyl (C=O) groups is 1. The van der Waals surface area contributed by atoms with Gasteiger partial charge in [0.25, 0.3) is 5.56 Å². The first-order valence-corrected chi connectivity index (χ1v) is 16.8. The number of methoxy groups -OCH3 is 1. The van der Waals surface area contributed by atoms with E-state index in [-0.39, 0.29) is 29.9 Å². The van der Waals surface area contributed by atoms with E-state index in [9.17, 15) is 9.59 Å². The summed E-state index contributed by atoms with van der Waals surface area (Å²) >= 11 is 26.5. The lowest BCUT2D eigenvalue weighted by atomic mass is 9.95. The van der Waals surface area contributed by atoms with Crippen molar-refractivity contribution in [2.45, 2.75) is 46.4 Å². The topological polar surface area (TPSA) is 88.4 Å². The van der Waals surface area contributed by atoms with Crippen molar-refractivity contribution >= 4 is 69.8 Å². The summed E-state index contributed by atoms with van der Waals surface area (Å²) in [6.07, 6.45) is 1.54. The molecule has 0 fully saturated rings. The highest BCUT2D eigenvalue weighted by atomic mass is 35.5. The van der Waals surface area contributed by atoms with Crippen molar-refractivity contribution in [1.82, 2.24) is 4.57 Å². The average Bonchev–Trinajstić information content (AvgIpc) is 3.30. The molecule has 5 rings (SSSR count). The van der Waals surface area contributed by atoms with Gasteiger partial charge in [-0.25, -0.2) is 9.79 Å². The molecule has 1 atom stereocenters. The molecule has 0 bridgehead atoms. The number of esters is 1. The predicted molar refractivity (Wildman–Crippen MR) is 186 cm³/mol. The summed E-state index contributed by atoms with van der Waals surface area (Å²) < 4.78 is 24.9. The predicted octanol–water partition coefficient (Wildman–Crippen LogP) is 7.79. The molecule has 0 saturated heterocycles. The van der Waals surface area contributed by atoms with Crippen LogP contribution < -0.4 is 29.1 Å². The van der Waals surface area contributed by atoms with Crippen LogP contribution in [0.15, 0.2) is 69.6 Å². The first kappa shape index (κ1) is 34.9. The van der Waals surface area contributed by atoms with E-state index in [0.29, 0.717) is 64.0 Å². The van der Waals surface area contributed by atoms with E-state index in [2.05, 4.69) is 4.99 Å². The third-order valence-electron chi connectivity index (χ3n) is 7.09. The van der Waals surface area contributed by atoms with Crippen LogP contribution in [0.5, 0.6) is 17.2 Å². The number of hydrogen-bond acceptors (Lipinski definition) is 8. The molecule has 1 aliphatic rings. The van der Waals surface area contributed by atoms with E-state index in [0.717, 1.165) is 11.3 Å². The number of aromatic nitrogens is 1. The highest BCUT2D eigenvalue weighted by Gasteiger charge is 2.34. The Bertz CT molecular complexity index is 2070. The maximum Gasteiger partial charge on any atom is 0.338 e. The summed E-state index contributed by atoms with van der Waals surface area (Å²) in [5.41, 5.74) is 2.04. The highest BCUT2D eigenvalue weighted by molar-refractivity contribution is 7.07. The molecule has 13 heteroatoms. The molecule has 0 spiro atoms. The van der Waals surface area contributed by atoms with E-state index in [1.165, 1.54) is 11.7 Å². The van der Waals surface area contributed by atoms with Crippen LogP contribution >= 0.6 is 57.7 Å². The van der Waals surface area contributed by atoms with Crippen LogP contribution in [0.4, 0.5) is 0 Å². The molecular formula is C34H30Cl4N2O6S. The van der Waals surface area contributed by atoms with Crippen molar-refractivity contribution in [3.05, 3.63) is 116 Å². The van der Waals surface area contributed by atoms with Gasteiger partial charge in [-0.05, 0) is 75.7 Å². The number of benzene rings is 3. The number of hydrogen-bond donors (Lipinski definition) is 0. The third-order valence-corrected chi connectivity index (χ3v) is 9.16. The number of rotatable bonds is 10. The second-order valence-electron chi connectivity index (χ2n) is 10.7. The minimum absolute atomic E-state index is 0.0832. The van der Waals surface area contributed by atoms with Gasteiger partial charge in [0.2, 0.25) is 0 Å². The normalized spacial score (nSPS) is 14.6. The van der Waals surface area contributed by atoms with Gasteiger partial charge in [-0.3, -0.25) is 9.36 Å². The zero-order chi connectivity index (χ0) is 34.0. The monoisotopic (exact) mass is 734 g/mol. The molecule has 0 unspecified atom stereocenters. The molecule has 2 heterocycles. The summed E-state index contributed by atoms with van der Waals surface area (Å²) in [5.74, 6) is 0.709. The lowest BCUT2D eigenvalue weighted by molar-refractivity contribution is -0.139. The zero-order valence-corrected chi connectivity index (χ0v) is 29.9. The smallest absolute Gasteiger partial charge is 0.338 e. The number of thiazole rings is 1. The summed E-state index contributed by atoms with van der Waals surface area (Å²) in [7, 11) is 1.53. The Labute approximate surface area is 295 Å². The number of halogens is 4. The molecular weight excluding hydrogens is 706 g/mol. The van der Waals surface area contributed by atoms with Crippen LogP contribution in [0.25, 0.3) is 6.08 Å². The van der Waals surface area contributed by atoms with Crippen molar-refractivity contribution in [2.75, 3.05) is 13.7 Å². The number of fused-ring (bicyclic) bond motifs is 1.